The van der Waals surface area contributed by atoms with Crippen LogP contribution in [0.4, 0.5) is 4.79 Å². The van der Waals surface area contributed by atoms with Crippen LogP contribution in [0.5, 0.6) is 11.5 Å². The fraction of sp³-hybridized carbons (Fsp3) is 0.273. The maximum absolute atomic E-state index is 12.9. The van der Waals surface area contributed by atoms with Crippen LogP contribution in [-0.2, 0) is 25.6 Å². The predicted octanol–water partition coefficient (Wildman–Crippen LogP) is 2.76. The molecule has 1 N–H and O–H groups in total. The zero-order valence-corrected chi connectivity index (χ0v) is 19.4. The van der Waals surface area contributed by atoms with E-state index in [0.29, 0.717) is 0 Å². The minimum atomic E-state index is -0.995. The molecule has 1 fully saturated rings. The van der Waals surface area contributed by atoms with Crippen molar-refractivity contribution in [2.45, 2.75) is 19.6 Å². The van der Waals surface area contributed by atoms with Crippen molar-refractivity contribution in [1.29, 1.82) is 0 Å². The summed E-state index contributed by atoms with van der Waals surface area (Å²) in [4.78, 5) is 49.6. The third-order valence-corrected chi connectivity index (χ3v) is 4.94. The average Bonchev–Trinajstić information content (AvgIpc) is 3.39. The van der Waals surface area contributed by atoms with Crippen molar-refractivity contribution in [3.8, 4) is 11.5 Å². The third-order valence-electron chi connectivity index (χ3n) is 4.72. The molecule has 1 aromatic heterocycles. The van der Waals surface area contributed by atoms with Gasteiger partial charge in [-0.05, 0) is 31.2 Å². The van der Waals surface area contributed by atoms with E-state index in [4.69, 9.17) is 25.5 Å². The second-order valence-corrected chi connectivity index (χ2v) is 7.38. The summed E-state index contributed by atoms with van der Waals surface area (Å²) < 4.78 is 25.6. The summed E-state index contributed by atoms with van der Waals surface area (Å²) in [5.41, 5.74) is 0.196. The van der Waals surface area contributed by atoms with Gasteiger partial charge in [-0.1, -0.05) is 11.6 Å². The molecule has 11 nitrogen and oxygen atoms in total. The van der Waals surface area contributed by atoms with Gasteiger partial charge in [0, 0.05) is 16.7 Å². The number of hydrogen-bond acceptors (Lipinski definition) is 9. The number of hydrogen-bond donors (Lipinski definition) is 1. The quantitative estimate of drug-likeness (QED) is 0.335. The molecule has 0 spiro atoms. The topological polar surface area (TPSA) is 134 Å². The van der Waals surface area contributed by atoms with Gasteiger partial charge in [0.2, 0.25) is 5.76 Å². The molecule has 3 rings (SSSR count). The van der Waals surface area contributed by atoms with E-state index < -0.39 is 30.0 Å². The van der Waals surface area contributed by atoms with E-state index in [9.17, 15) is 19.2 Å². The van der Waals surface area contributed by atoms with Crippen molar-refractivity contribution in [1.82, 2.24) is 10.2 Å². The molecule has 1 aliphatic rings. The Hall–Kier alpha value is -3.99. The molecule has 1 aromatic carbocycles. The molecular formula is C22H21ClN2O9. The number of imide groups is 1. The Balaban J connectivity index is 1.90. The molecule has 180 valence electrons. The van der Waals surface area contributed by atoms with Crippen LogP contribution in [0.15, 0.2) is 34.4 Å². The molecule has 0 bridgehead atoms. The highest BCUT2D eigenvalue weighted by atomic mass is 35.5. The van der Waals surface area contributed by atoms with E-state index >= 15 is 0 Å². The first-order valence-electron chi connectivity index (χ1n) is 9.82. The summed E-state index contributed by atoms with van der Waals surface area (Å²) in [6.07, 6.45) is 0.348. The van der Waals surface area contributed by atoms with Crippen molar-refractivity contribution in [2.75, 3.05) is 21.3 Å². The standard InChI is InChI=1S/C22H21ClN2O9/c1-11(20(27)31-3)33-18-12(7-13(23)9-17(18)30-2)8-15-19(26)25(22(29)24-15)10-14-5-6-16(34-14)21(28)32-4/h5-9,11H,10H2,1-4H3,(H,24,29)/b15-8-/t11-/m1/s1. The van der Waals surface area contributed by atoms with Crippen LogP contribution >= 0.6 is 11.6 Å². The lowest BCUT2D eigenvalue weighted by molar-refractivity contribution is -0.148. The summed E-state index contributed by atoms with van der Waals surface area (Å²) >= 11 is 6.16. The van der Waals surface area contributed by atoms with Crippen LogP contribution in [0.3, 0.4) is 0 Å². The van der Waals surface area contributed by atoms with Crippen molar-refractivity contribution < 1.29 is 42.5 Å². The lowest BCUT2D eigenvalue weighted by Gasteiger charge is -2.18. The molecule has 3 amide bonds. The molecular weight excluding hydrogens is 472 g/mol. The molecule has 0 unspecified atom stereocenters. The SMILES string of the molecule is COC(=O)c1ccc(CN2C(=O)N/C(=C\c3cc(Cl)cc(OC)c3O[C@H](C)C(=O)OC)C2=O)o1. The van der Waals surface area contributed by atoms with Gasteiger partial charge in [-0.3, -0.25) is 9.69 Å². The van der Waals surface area contributed by atoms with Gasteiger partial charge >= 0.3 is 18.0 Å². The van der Waals surface area contributed by atoms with Crippen molar-refractivity contribution in [3.63, 3.8) is 0 Å². The number of nitrogens with one attached hydrogen (secondary N) is 1. The number of nitrogens with zero attached hydrogens (tertiary/aromatic N) is 1. The Labute approximate surface area is 199 Å². The van der Waals surface area contributed by atoms with Gasteiger partial charge in [-0.2, -0.15) is 0 Å². The number of amides is 3. The van der Waals surface area contributed by atoms with Gasteiger partial charge in [-0.25, -0.2) is 14.4 Å². The fourth-order valence-corrected chi connectivity index (χ4v) is 3.28. The van der Waals surface area contributed by atoms with Gasteiger partial charge in [-0.15, -0.1) is 0 Å². The highest BCUT2D eigenvalue weighted by molar-refractivity contribution is 6.31. The summed E-state index contributed by atoms with van der Waals surface area (Å²) in [6.45, 7) is 1.26. The van der Waals surface area contributed by atoms with Gasteiger partial charge in [0.25, 0.3) is 5.91 Å². The number of carbonyl (C=O) groups excluding carboxylic acids is 4. The minimum absolute atomic E-state index is 0.0622. The Kier molecular flexibility index (Phi) is 7.47. The molecule has 1 aliphatic heterocycles. The van der Waals surface area contributed by atoms with Gasteiger partial charge in [0.15, 0.2) is 17.6 Å². The van der Waals surface area contributed by atoms with Crippen LogP contribution in [0.1, 0.15) is 28.8 Å². The third kappa shape index (κ3) is 5.15. The van der Waals surface area contributed by atoms with Crippen LogP contribution in [0.2, 0.25) is 5.02 Å². The van der Waals surface area contributed by atoms with Crippen LogP contribution in [0, 0.1) is 0 Å². The van der Waals surface area contributed by atoms with E-state index in [1.165, 1.54) is 58.6 Å². The molecule has 34 heavy (non-hydrogen) atoms. The van der Waals surface area contributed by atoms with Gasteiger partial charge in [0.1, 0.15) is 11.5 Å². The summed E-state index contributed by atoms with van der Waals surface area (Å²) in [7, 11) is 3.81. The molecule has 2 aromatic rings. The van der Waals surface area contributed by atoms with Crippen molar-refractivity contribution >= 4 is 41.6 Å². The van der Waals surface area contributed by atoms with Crippen molar-refractivity contribution in [3.05, 3.63) is 52.1 Å². The summed E-state index contributed by atoms with van der Waals surface area (Å²) in [5, 5.41) is 2.73. The number of urea groups is 1. The molecule has 12 heteroatoms. The second-order valence-electron chi connectivity index (χ2n) is 6.95. The minimum Gasteiger partial charge on any atom is -0.493 e. The molecule has 1 atom stereocenters. The van der Waals surface area contributed by atoms with Crippen molar-refractivity contribution in [2.24, 2.45) is 0 Å². The zero-order chi connectivity index (χ0) is 25.0. The lowest BCUT2D eigenvalue weighted by atomic mass is 10.1. The Bertz CT molecular complexity index is 1170. The molecule has 1 saturated heterocycles. The number of carbonyl (C=O) groups is 4. The highest BCUT2D eigenvalue weighted by Crippen LogP contribution is 2.37. The zero-order valence-electron chi connectivity index (χ0n) is 18.7. The summed E-state index contributed by atoms with van der Waals surface area (Å²) in [6, 6.07) is 5.08. The number of furan rings is 1. The largest absolute Gasteiger partial charge is 0.493 e. The Morgan fingerprint density at radius 2 is 1.91 bits per heavy atom. The molecule has 0 radical (unpaired) electrons. The Morgan fingerprint density at radius 3 is 2.56 bits per heavy atom. The molecule has 0 saturated carbocycles. The lowest BCUT2D eigenvalue weighted by Crippen LogP contribution is -2.30. The van der Waals surface area contributed by atoms with Gasteiger partial charge < -0.3 is 28.7 Å². The van der Waals surface area contributed by atoms with E-state index in [1.807, 2.05) is 0 Å². The number of esters is 2. The number of benzene rings is 1. The van der Waals surface area contributed by atoms with E-state index in [-0.39, 0.29) is 45.8 Å². The number of ether oxygens (including phenoxy) is 4. The maximum atomic E-state index is 12.9. The number of halogens is 1. The Morgan fingerprint density at radius 1 is 1.18 bits per heavy atom. The monoisotopic (exact) mass is 492 g/mol. The fourth-order valence-electron chi connectivity index (χ4n) is 3.06. The molecule has 0 aliphatic carbocycles. The summed E-state index contributed by atoms with van der Waals surface area (Å²) in [5.74, 6) is -1.52. The number of methoxy groups -OCH3 is 3. The smallest absolute Gasteiger partial charge is 0.373 e. The number of rotatable bonds is 8. The maximum Gasteiger partial charge on any atom is 0.373 e. The highest BCUT2D eigenvalue weighted by Gasteiger charge is 2.35. The first-order chi connectivity index (χ1) is 16.2. The second kappa shape index (κ2) is 10.3. The molecule has 2 heterocycles. The normalized spacial score (nSPS) is 15.2. The van der Waals surface area contributed by atoms with Gasteiger partial charge in [0.05, 0.1) is 27.9 Å². The average molecular weight is 493 g/mol. The first kappa shape index (κ1) is 24.6. The van der Waals surface area contributed by atoms with E-state index in [0.717, 1.165) is 4.90 Å². The van der Waals surface area contributed by atoms with Crippen LogP contribution in [-0.4, -0.2) is 56.2 Å². The predicted molar refractivity (Wildman–Crippen MR) is 117 cm³/mol. The van der Waals surface area contributed by atoms with E-state index in [2.05, 4.69) is 14.8 Å². The van der Waals surface area contributed by atoms with Crippen LogP contribution < -0.4 is 14.8 Å². The first-order valence-corrected chi connectivity index (χ1v) is 10.2. The van der Waals surface area contributed by atoms with E-state index in [1.54, 1.807) is 0 Å². The van der Waals surface area contributed by atoms with Crippen LogP contribution in [0.25, 0.3) is 6.08 Å².